The number of rotatable bonds is 4. The summed E-state index contributed by atoms with van der Waals surface area (Å²) in [6, 6.07) is 9.80. The van der Waals surface area contributed by atoms with E-state index < -0.39 is 0 Å². The number of likely N-dealkylation sites (tertiary alicyclic amines) is 1. The quantitative estimate of drug-likeness (QED) is 0.794. The highest BCUT2D eigenvalue weighted by atomic mass is 16.5. The van der Waals surface area contributed by atoms with Gasteiger partial charge in [-0.15, -0.1) is 0 Å². The Hall–Kier alpha value is -2.02. The SMILES string of the molecule is CN(C)CCN1CCOCC2(CCCN(C(=O)c3cccc4cccnc34)C2)C1. The number of hydrogen-bond donors (Lipinski definition) is 0. The van der Waals surface area contributed by atoms with Crippen LogP contribution in [0.2, 0.25) is 0 Å². The van der Waals surface area contributed by atoms with Gasteiger partial charge in [-0.2, -0.15) is 0 Å². The molecule has 6 heteroatoms. The Kier molecular flexibility index (Phi) is 6.13. The van der Waals surface area contributed by atoms with Crippen LogP contribution in [0.1, 0.15) is 23.2 Å². The zero-order valence-electron chi connectivity index (χ0n) is 17.6. The van der Waals surface area contributed by atoms with Gasteiger partial charge in [-0.05, 0) is 39.1 Å². The molecule has 0 N–H and O–H groups in total. The summed E-state index contributed by atoms with van der Waals surface area (Å²) < 4.78 is 6.02. The summed E-state index contributed by atoms with van der Waals surface area (Å²) in [4.78, 5) is 24.7. The van der Waals surface area contributed by atoms with Crippen LogP contribution < -0.4 is 0 Å². The van der Waals surface area contributed by atoms with Crippen LogP contribution in [0.3, 0.4) is 0 Å². The van der Waals surface area contributed by atoms with Crippen molar-refractivity contribution in [3.8, 4) is 0 Å². The molecule has 1 atom stereocenters. The van der Waals surface area contributed by atoms with Crippen molar-refractivity contribution in [2.75, 3.05) is 66.6 Å². The Bertz CT molecular complexity index is 850. The maximum Gasteiger partial charge on any atom is 0.256 e. The first-order valence-corrected chi connectivity index (χ1v) is 10.6. The van der Waals surface area contributed by atoms with Crippen molar-refractivity contribution in [2.45, 2.75) is 12.8 Å². The van der Waals surface area contributed by atoms with Crippen LogP contribution in [0.25, 0.3) is 10.9 Å². The highest BCUT2D eigenvalue weighted by molar-refractivity contribution is 6.05. The Morgan fingerprint density at radius 2 is 2.07 bits per heavy atom. The molecule has 1 spiro atoms. The van der Waals surface area contributed by atoms with Crippen molar-refractivity contribution in [3.05, 3.63) is 42.1 Å². The maximum atomic E-state index is 13.4. The number of hydrogen-bond acceptors (Lipinski definition) is 5. The lowest BCUT2D eigenvalue weighted by atomic mass is 9.79. The summed E-state index contributed by atoms with van der Waals surface area (Å²) in [7, 11) is 4.23. The standard InChI is InChI=1S/C23H32N4O2/c1-25(2)12-13-26-14-15-29-18-23(16-26)9-5-11-27(17-23)22(28)20-8-3-6-19-7-4-10-24-21(19)20/h3-4,6-8,10H,5,9,11-18H2,1-2H3. The molecule has 1 unspecified atom stereocenters. The number of aromatic nitrogens is 1. The minimum atomic E-state index is 0.0226. The number of piperidine rings is 1. The Labute approximate surface area is 173 Å². The highest BCUT2D eigenvalue weighted by Crippen LogP contribution is 2.34. The predicted molar refractivity (Wildman–Crippen MR) is 115 cm³/mol. The number of nitrogens with zero attached hydrogens (tertiary/aromatic N) is 4. The van der Waals surface area contributed by atoms with E-state index >= 15 is 0 Å². The Morgan fingerprint density at radius 3 is 2.93 bits per heavy atom. The largest absolute Gasteiger partial charge is 0.379 e. The van der Waals surface area contributed by atoms with E-state index in [0.717, 1.165) is 76.2 Å². The molecule has 2 aromatic rings. The first-order chi connectivity index (χ1) is 14.1. The molecular weight excluding hydrogens is 364 g/mol. The number of carbonyl (C=O) groups excluding carboxylic acids is 1. The number of fused-ring (bicyclic) bond motifs is 1. The molecule has 1 aromatic carbocycles. The molecule has 2 saturated heterocycles. The van der Waals surface area contributed by atoms with Crippen LogP contribution in [-0.4, -0.2) is 92.2 Å². The van der Waals surface area contributed by atoms with Crippen molar-refractivity contribution in [1.82, 2.24) is 19.7 Å². The van der Waals surface area contributed by atoms with Crippen LogP contribution in [-0.2, 0) is 4.74 Å². The lowest BCUT2D eigenvalue weighted by Crippen LogP contribution is -2.52. The van der Waals surface area contributed by atoms with Crippen LogP contribution in [0.15, 0.2) is 36.5 Å². The van der Waals surface area contributed by atoms with Gasteiger partial charge in [0, 0.05) is 56.3 Å². The van der Waals surface area contributed by atoms with Crippen LogP contribution >= 0.6 is 0 Å². The predicted octanol–water partition coefficient (Wildman–Crippen LogP) is 2.35. The van der Waals surface area contributed by atoms with Crippen molar-refractivity contribution in [1.29, 1.82) is 0 Å². The van der Waals surface area contributed by atoms with Crippen LogP contribution in [0.4, 0.5) is 0 Å². The molecule has 2 fully saturated rings. The monoisotopic (exact) mass is 396 g/mol. The van der Waals surface area contributed by atoms with E-state index in [0.29, 0.717) is 5.56 Å². The minimum absolute atomic E-state index is 0.0226. The fourth-order valence-electron chi connectivity index (χ4n) is 4.69. The molecule has 6 nitrogen and oxygen atoms in total. The van der Waals surface area contributed by atoms with E-state index in [1.807, 2.05) is 35.2 Å². The number of benzene rings is 1. The first-order valence-electron chi connectivity index (χ1n) is 10.6. The zero-order chi connectivity index (χ0) is 20.3. The van der Waals surface area contributed by atoms with Crippen LogP contribution in [0, 0.1) is 5.41 Å². The Balaban J connectivity index is 1.53. The maximum absolute atomic E-state index is 13.4. The van der Waals surface area contributed by atoms with Gasteiger partial charge in [0.15, 0.2) is 0 Å². The topological polar surface area (TPSA) is 48.9 Å². The van der Waals surface area contributed by atoms with E-state index in [9.17, 15) is 4.79 Å². The van der Waals surface area contributed by atoms with Crippen LogP contribution in [0.5, 0.6) is 0 Å². The van der Waals surface area contributed by atoms with Gasteiger partial charge in [-0.1, -0.05) is 18.2 Å². The molecule has 0 aliphatic carbocycles. The minimum Gasteiger partial charge on any atom is -0.379 e. The molecule has 29 heavy (non-hydrogen) atoms. The highest BCUT2D eigenvalue weighted by Gasteiger charge is 2.40. The third-order valence-electron chi connectivity index (χ3n) is 6.19. The fraction of sp³-hybridized carbons (Fsp3) is 0.565. The first kappa shape index (κ1) is 20.3. The van der Waals surface area contributed by atoms with Gasteiger partial charge in [0.05, 0.1) is 24.3 Å². The van der Waals surface area contributed by atoms with E-state index in [1.54, 1.807) is 6.20 Å². The van der Waals surface area contributed by atoms with Gasteiger partial charge in [0.25, 0.3) is 5.91 Å². The van der Waals surface area contributed by atoms with Gasteiger partial charge in [-0.25, -0.2) is 0 Å². The average Bonchev–Trinajstić information content (AvgIpc) is 2.93. The second-order valence-corrected chi connectivity index (χ2v) is 8.84. The fourth-order valence-corrected chi connectivity index (χ4v) is 4.69. The van der Waals surface area contributed by atoms with E-state index in [2.05, 4.69) is 28.9 Å². The number of para-hydroxylation sites is 1. The van der Waals surface area contributed by atoms with E-state index in [1.165, 1.54) is 0 Å². The molecule has 156 valence electrons. The lowest BCUT2D eigenvalue weighted by molar-refractivity contribution is 0.00724. The molecule has 0 bridgehead atoms. The van der Waals surface area contributed by atoms with Crippen molar-refractivity contribution < 1.29 is 9.53 Å². The third kappa shape index (κ3) is 4.60. The van der Waals surface area contributed by atoms with Gasteiger partial charge in [-0.3, -0.25) is 14.7 Å². The molecular formula is C23H32N4O2. The molecule has 1 aromatic heterocycles. The second kappa shape index (κ2) is 8.78. The third-order valence-corrected chi connectivity index (χ3v) is 6.19. The van der Waals surface area contributed by atoms with Crippen molar-refractivity contribution in [3.63, 3.8) is 0 Å². The van der Waals surface area contributed by atoms with Gasteiger partial charge in [0.1, 0.15) is 0 Å². The summed E-state index contributed by atoms with van der Waals surface area (Å²) in [5, 5.41) is 1.01. The Morgan fingerprint density at radius 1 is 1.21 bits per heavy atom. The molecule has 1 amide bonds. The number of likely N-dealkylation sites (N-methyl/N-ethyl adjacent to an activating group) is 1. The molecule has 0 radical (unpaired) electrons. The van der Waals surface area contributed by atoms with Crippen molar-refractivity contribution in [2.24, 2.45) is 5.41 Å². The average molecular weight is 397 g/mol. The smallest absolute Gasteiger partial charge is 0.256 e. The van der Waals surface area contributed by atoms with E-state index in [4.69, 9.17) is 4.74 Å². The van der Waals surface area contributed by atoms with Gasteiger partial charge in [0.2, 0.25) is 0 Å². The van der Waals surface area contributed by atoms with Gasteiger partial charge < -0.3 is 14.5 Å². The molecule has 3 heterocycles. The summed E-state index contributed by atoms with van der Waals surface area (Å²) in [5.41, 5.74) is 1.53. The number of amides is 1. The van der Waals surface area contributed by atoms with Gasteiger partial charge >= 0.3 is 0 Å². The molecule has 2 aliphatic rings. The second-order valence-electron chi connectivity index (χ2n) is 8.84. The lowest BCUT2D eigenvalue weighted by Gasteiger charge is -2.43. The molecule has 4 rings (SSSR count). The zero-order valence-corrected chi connectivity index (χ0v) is 17.6. The number of carbonyl (C=O) groups is 1. The van der Waals surface area contributed by atoms with E-state index in [-0.39, 0.29) is 11.3 Å². The molecule has 0 saturated carbocycles. The normalized spacial score (nSPS) is 23.6. The number of ether oxygens (including phenoxy) is 1. The summed E-state index contributed by atoms with van der Waals surface area (Å²) in [6.07, 6.45) is 3.90. The van der Waals surface area contributed by atoms with Crippen molar-refractivity contribution >= 4 is 16.8 Å². The molecule has 2 aliphatic heterocycles. The summed E-state index contributed by atoms with van der Waals surface area (Å²) in [6.45, 7) is 7.13. The summed E-state index contributed by atoms with van der Waals surface area (Å²) in [5.74, 6) is 0.0949. The number of pyridine rings is 1. The summed E-state index contributed by atoms with van der Waals surface area (Å²) >= 11 is 0.